The normalized spacial score (nSPS) is 10.1. The van der Waals surface area contributed by atoms with Gasteiger partial charge in [0.25, 0.3) is 0 Å². The zero-order valence-corrected chi connectivity index (χ0v) is 14.8. The van der Waals surface area contributed by atoms with Gasteiger partial charge in [0.05, 0.1) is 13.7 Å². The van der Waals surface area contributed by atoms with E-state index in [0.29, 0.717) is 6.61 Å². The first-order valence-corrected chi connectivity index (χ1v) is 7.90. The second-order valence-corrected chi connectivity index (χ2v) is 4.88. The van der Waals surface area contributed by atoms with Crippen molar-refractivity contribution < 1.29 is 14.2 Å². The van der Waals surface area contributed by atoms with Crippen molar-refractivity contribution in [2.45, 2.75) is 39.7 Å². The molecule has 0 amide bonds. The van der Waals surface area contributed by atoms with Crippen LogP contribution in [0.3, 0.4) is 0 Å². The van der Waals surface area contributed by atoms with Crippen LogP contribution >= 0.6 is 12.4 Å². The summed E-state index contributed by atoms with van der Waals surface area (Å²) >= 11 is 0. The first-order valence-electron chi connectivity index (χ1n) is 7.90. The molecule has 0 saturated carbocycles. The van der Waals surface area contributed by atoms with Gasteiger partial charge in [-0.05, 0) is 32.4 Å². The molecule has 0 aliphatic rings. The van der Waals surface area contributed by atoms with Crippen LogP contribution in [0, 0.1) is 0 Å². The number of hydrogen-bond donors (Lipinski definition) is 1. The number of methoxy groups -OCH3 is 1. The summed E-state index contributed by atoms with van der Waals surface area (Å²) in [6.07, 6.45) is 3.36. The first-order chi connectivity index (χ1) is 10.3. The molecule has 0 saturated heterocycles. The minimum atomic E-state index is 0. The van der Waals surface area contributed by atoms with E-state index in [4.69, 9.17) is 14.2 Å². The molecule has 1 N–H and O–H groups in total. The fourth-order valence-electron chi connectivity index (χ4n) is 2.04. The van der Waals surface area contributed by atoms with Crippen molar-refractivity contribution in [2.75, 3.05) is 33.5 Å². The molecule has 1 aromatic carbocycles. The molecule has 0 aliphatic carbocycles. The number of halogens is 1. The van der Waals surface area contributed by atoms with Crippen LogP contribution in [0.4, 0.5) is 0 Å². The molecule has 0 spiro atoms. The van der Waals surface area contributed by atoms with Crippen LogP contribution < -0.4 is 14.8 Å². The molecule has 128 valence electrons. The lowest BCUT2D eigenvalue weighted by atomic mass is 10.2. The van der Waals surface area contributed by atoms with Crippen molar-refractivity contribution in [3.63, 3.8) is 0 Å². The van der Waals surface area contributed by atoms with E-state index in [2.05, 4.69) is 18.3 Å². The van der Waals surface area contributed by atoms with Gasteiger partial charge in [-0.3, -0.25) is 0 Å². The second-order valence-electron chi connectivity index (χ2n) is 4.88. The number of benzene rings is 1. The number of rotatable bonds is 12. The van der Waals surface area contributed by atoms with E-state index in [9.17, 15) is 0 Å². The summed E-state index contributed by atoms with van der Waals surface area (Å²) in [7, 11) is 1.67. The van der Waals surface area contributed by atoms with E-state index in [1.54, 1.807) is 7.11 Å². The van der Waals surface area contributed by atoms with Crippen molar-refractivity contribution in [2.24, 2.45) is 0 Å². The largest absolute Gasteiger partial charge is 0.493 e. The molecule has 0 heterocycles. The lowest BCUT2D eigenvalue weighted by molar-refractivity contribution is 0.128. The Bertz CT molecular complexity index is 388. The minimum Gasteiger partial charge on any atom is -0.493 e. The fourth-order valence-corrected chi connectivity index (χ4v) is 2.04. The SMILES string of the molecule is CCCCOCCCNCc1cccc(OC)c1OCC.Cl. The van der Waals surface area contributed by atoms with Gasteiger partial charge in [0.2, 0.25) is 0 Å². The van der Waals surface area contributed by atoms with Crippen molar-refractivity contribution in [1.29, 1.82) is 0 Å². The summed E-state index contributed by atoms with van der Waals surface area (Å²) in [5.74, 6) is 1.63. The Morgan fingerprint density at radius 1 is 1.09 bits per heavy atom. The zero-order chi connectivity index (χ0) is 15.3. The molecule has 1 rings (SSSR count). The maximum Gasteiger partial charge on any atom is 0.165 e. The van der Waals surface area contributed by atoms with Gasteiger partial charge >= 0.3 is 0 Å². The van der Waals surface area contributed by atoms with Gasteiger partial charge in [-0.25, -0.2) is 0 Å². The minimum absolute atomic E-state index is 0. The summed E-state index contributed by atoms with van der Waals surface area (Å²) in [6.45, 7) is 8.21. The average Bonchev–Trinajstić information content (AvgIpc) is 2.51. The van der Waals surface area contributed by atoms with Gasteiger partial charge in [-0.1, -0.05) is 25.5 Å². The third kappa shape index (κ3) is 7.87. The third-order valence-corrected chi connectivity index (χ3v) is 3.17. The average molecular weight is 332 g/mol. The van der Waals surface area contributed by atoms with Gasteiger partial charge in [-0.2, -0.15) is 0 Å². The molecular formula is C17H30ClNO3. The summed E-state index contributed by atoms with van der Waals surface area (Å²) in [5, 5.41) is 3.43. The van der Waals surface area contributed by atoms with E-state index in [1.165, 1.54) is 6.42 Å². The van der Waals surface area contributed by atoms with Crippen molar-refractivity contribution in [1.82, 2.24) is 5.32 Å². The molecule has 0 aromatic heterocycles. The van der Waals surface area contributed by atoms with Crippen molar-refractivity contribution in [3.05, 3.63) is 23.8 Å². The fraction of sp³-hybridized carbons (Fsp3) is 0.647. The van der Waals surface area contributed by atoms with Crippen LogP contribution in [0.15, 0.2) is 18.2 Å². The molecule has 0 atom stereocenters. The maximum absolute atomic E-state index is 5.69. The summed E-state index contributed by atoms with van der Waals surface area (Å²) < 4.78 is 16.6. The number of hydrogen-bond acceptors (Lipinski definition) is 4. The third-order valence-electron chi connectivity index (χ3n) is 3.17. The van der Waals surface area contributed by atoms with Crippen LogP contribution in [0.1, 0.15) is 38.7 Å². The summed E-state index contributed by atoms with van der Waals surface area (Å²) in [6, 6.07) is 5.99. The topological polar surface area (TPSA) is 39.7 Å². The van der Waals surface area contributed by atoms with Gasteiger partial charge in [-0.15, -0.1) is 12.4 Å². The molecule has 22 heavy (non-hydrogen) atoms. The molecule has 0 bridgehead atoms. The molecule has 5 heteroatoms. The highest BCUT2D eigenvalue weighted by Crippen LogP contribution is 2.30. The van der Waals surface area contributed by atoms with E-state index >= 15 is 0 Å². The van der Waals surface area contributed by atoms with Crippen molar-refractivity contribution in [3.8, 4) is 11.5 Å². The second kappa shape index (κ2) is 13.7. The summed E-state index contributed by atoms with van der Waals surface area (Å²) in [4.78, 5) is 0. The highest BCUT2D eigenvalue weighted by molar-refractivity contribution is 5.85. The van der Waals surface area contributed by atoms with Crippen LogP contribution in [0.2, 0.25) is 0 Å². The Balaban J connectivity index is 0.00000441. The molecular weight excluding hydrogens is 302 g/mol. The van der Waals surface area contributed by atoms with E-state index < -0.39 is 0 Å². The standard InChI is InChI=1S/C17H29NO3.ClH/c1-4-6-12-20-13-8-11-18-14-15-9-7-10-16(19-3)17(15)21-5-2;/h7,9-10,18H,4-6,8,11-14H2,1-3H3;1H. The van der Waals surface area contributed by atoms with Gasteiger partial charge < -0.3 is 19.5 Å². The Hall–Kier alpha value is -0.970. The monoisotopic (exact) mass is 331 g/mol. The maximum atomic E-state index is 5.69. The van der Waals surface area contributed by atoms with Crippen molar-refractivity contribution >= 4 is 12.4 Å². The predicted molar refractivity (Wildman–Crippen MR) is 93.5 cm³/mol. The van der Waals surface area contributed by atoms with Gasteiger partial charge in [0.15, 0.2) is 11.5 Å². The molecule has 1 aromatic rings. The zero-order valence-electron chi connectivity index (χ0n) is 14.0. The predicted octanol–water partition coefficient (Wildman–Crippen LogP) is 3.81. The quantitative estimate of drug-likeness (QED) is 0.591. The molecule has 0 aliphatic heterocycles. The highest BCUT2D eigenvalue weighted by atomic mass is 35.5. The van der Waals surface area contributed by atoms with Crippen LogP contribution in [0.5, 0.6) is 11.5 Å². The number of unbranched alkanes of at least 4 members (excludes halogenated alkanes) is 1. The highest BCUT2D eigenvalue weighted by Gasteiger charge is 2.09. The van der Waals surface area contributed by atoms with Gasteiger partial charge in [0, 0.05) is 25.3 Å². The Labute approximate surface area is 140 Å². The lowest BCUT2D eigenvalue weighted by Gasteiger charge is -2.14. The van der Waals surface area contributed by atoms with Gasteiger partial charge in [0.1, 0.15) is 0 Å². The summed E-state index contributed by atoms with van der Waals surface area (Å²) in [5.41, 5.74) is 1.13. The Kier molecular flexibility index (Phi) is 13.1. The smallest absolute Gasteiger partial charge is 0.165 e. The van der Waals surface area contributed by atoms with E-state index in [-0.39, 0.29) is 12.4 Å². The molecule has 0 unspecified atom stereocenters. The number of ether oxygens (including phenoxy) is 3. The molecule has 4 nitrogen and oxygen atoms in total. The van der Waals surface area contributed by atoms with E-state index in [1.807, 2.05) is 19.1 Å². The van der Waals surface area contributed by atoms with Crippen LogP contribution in [-0.2, 0) is 11.3 Å². The number of para-hydroxylation sites is 1. The number of nitrogens with one attached hydrogen (secondary N) is 1. The molecule has 0 fully saturated rings. The van der Waals surface area contributed by atoms with E-state index in [0.717, 1.165) is 56.2 Å². The van der Waals surface area contributed by atoms with Crippen LogP contribution in [0.25, 0.3) is 0 Å². The first kappa shape index (κ1) is 21.0. The lowest BCUT2D eigenvalue weighted by Crippen LogP contribution is -2.17. The molecule has 0 radical (unpaired) electrons. The Morgan fingerprint density at radius 3 is 2.55 bits per heavy atom. The van der Waals surface area contributed by atoms with Crippen LogP contribution in [-0.4, -0.2) is 33.5 Å². The Morgan fingerprint density at radius 2 is 1.86 bits per heavy atom.